The molecule has 0 atom stereocenters. The van der Waals surface area contributed by atoms with Crippen LogP contribution >= 0.6 is 0 Å². The molecule has 29 heavy (non-hydrogen) atoms. The molecule has 1 amide bonds. The number of rotatable bonds is 6. The van der Waals surface area contributed by atoms with E-state index >= 15 is 0 Å². The van der Waals surface area contributed by atoms with Crippen molar-refractivity contribution in [2.75, 3.05) is 11.9 Å². The molecule has 0 aliphatic heterocycles. The minimum atomic E-state index is -4.56. The van der Waals surface area contributed by atoms with Crippen LogP contribution in [0, 0.1) is 0 Å². The second kappa shape index (κ2) is 8.34. The fourth-order valence-corrected chi connectivity index (χ4v) is 2.75. The molecule has 2 aromatic carbocycles. The number of hydrogen-bond acceptors (Lipinski definition) is 4. The lowest BCUT2D eigenvalue weighted by atomic mass is 10.1. The molecule has 0 unspecified atom stereocenters. The molecule has 1 aromatic heterocycles. The van der Waals surface area contributed by atoms with Crippen LogP contribution in [0.5, 0.6) is 5.75 Å². The van der Waals surface area contributed by atoms with E-state index in [-0.39, 0.29) is 23.4 Å². The molecular formula is C20H18F3N3O3. The van der Waals surface area contributed by atoms with Crippen LogP contribution in [0.1, 0.15) is 18.9 Å². The monoisotopic (exact) mass is 405 g/mol. The van der Waals surface area contributed by atoms with Crippen LogP contribution in [-0.4, -0.2) is 22.3 Å². The Morgan fingerprint density at radius 3 is 2.69 bits per heavy atom. The summed E-state index contributed by atoms with van der Waals surface area (Å²) in [5, 5.41) is 6.80. The number of halogens is 3. The minimum Gasteiger partial charge on any atom is -0.491 e. The highest BCUT2D eigenvalue weighted by Gasteiger charge is 2.31. The normalized spacial score (nSPS) is 11.4. The van der Waals surface area contributed by atoms with Crippen molar-refractivity contribution in [1.29, 1.82) is 0 Å². The zero-order chi connectivity index (χ0) is 21.0. The Kier molecular flexibility index (Phi) is 5.86. The number of benzene rings is 2. The van der Waals surface area contributed by atoms with E-state index in [9.17, 15) is 22.8 Å². The molecule has 3 rings (SSSR count). The van der Waals surface area contributed by atoms with E-state index in [2.05, 4.69) is 10.4 Å². The number of alkyl halides is 3. The number of fused-ring (bicyclic) bond motifs is 1. The van der Waals surface area contributed by atoms with Crippen molar-refractivity contribution < 1.29 is 22.7 Å². The summed E-state index contributed by atoms with van der Waals surface area (Å²) in [5.74, 6) is -0.460. The van der Waals surface area contributed by atoms with Gasteiger partial charge in [-0.2, -0.15) is 18.3 Å². The molecule has 0 spiro atoms. The third-order valence-electron chi connectivity index (χ3n) is 4.10. The molecule has 0 saturated carbocycles. The summed E-state index contributed by atoms with van der Waals surface area (Å²) in [5.41, 5.74) is -0.820. The Balaban J connectivity index is 1.88. The molecule has 152 valence electrons. The summed E-state index contributed by atoms with van der Waals surface area (Å²) in [6.45, 7) is 1.86. The van der Waals surface area contributed by atoms with Gasteiger partial charge in [0.1, 0.15) is 12.3 Å². The first-order valence-corrected chi connectivity index (χ1v) is 8.88. The number of para-hydroxylation sites is 1. The second-order valence-electron chi connectivity index (χ2n) is 6.29. The number of hydrogen-bond donors (Lipinski definition) is 1. The predicted octanol–water partition coefficient (Wildman–Crippen LogP) is 3.84. The van der Waals surface area contributed by atoms with Crippen LogP contribution in [-0.2, 0) is 17.5 Å². The lowest BCUT2D eigenvalue weighted by molar-refractivity contribution is -0.137. The molecule has 9 heteroatoms. The van der Waals surface area contributed by atoms with E-state index in [0.29, 0.717) is 23.9 Å². The topological polar surface area (TPSA) is 73.2 Å². The zero-order valence-corrected chi connectivity index (χ0v) is 15.5. The van der Waals surface area contributed by atoms with Crippen molar-refractivity contribution in [2.45, 2.75) is 26.1 Å². The lowest BCUT2D eigenvalue weighted by Crippen LogP contribution is -2.23. The number of nitrogens with one attached hydrogen (secondary N) is 1. The quantitative estimate of drug-likeness (QED) is 0.676. The fourth-order valence-electron chi connectivity index (χ4n) is 2.75. The van der Waals surface area contributed by atoms with E-state index in [1.54, 1.807) is 24.3 Å². The highest BCUT2D eigenvalue weighted by molar-refractivity contribution is 5.93. The van der Waals surface area contributed by atoms with E-state index in [1.807, 2.05) is 6.92 Å². The Morgan fingerprint density at radius 2 is 1.97 bits per heavy atom. The standard InChI is InChI=1S/C20H18F3N3O3/c1-2-9-29-18-8-7-13(20(21,22)23)10-15(18)25-19(28)12-26-16-6-4-3-5-14(16)17(27)11-24-26/h3-8,10-11H,2,9,12H2,1H3,(H,25,28). The summed E-state index contributed by atoms with van der Waals surface area (Å²) < 4.78 is 45.9. The SMILES string of the molecule is CCCOc1ccc(C(F)(F)F)cc1NC(=O)Cn1ncc(=O)c2ccccc21. The Hall–Kier alpha value is -3.36. The summed E-state index contributed by atoms with van der Waals surface area (Å²) in [4.78, 5) is 24.4. The zero-order valence-electron chi connectivity index (χ0n) is 15.5. The first-order chi connectivity index (χ1) is 13.8. The molecule has 1 heterocycles. The third-order valence-corrected chi connectivity index (χ3v) is 4.10. The van der Waals surface area contributed by atoms with Crippen molar-refractivity contribution in [3.63, 3.8) is 0 Å². The van der Waals surface area contributed by atoms with Gasteiger partial charge in [0.25, 0.3) is 0 Å². The van der Waals surface area contributed by atoms with Crippen molar-refractivity contribution >= 4 is 22.5 Å². The maximum absolute atomic E-state index is 13.1. The Bertz CT molecular complexity index is 1090. The van der Waals surface area contributed by atoms with Crippen molar-refractivity contribution in [2.24, 2.45) is 0 Å². The molecule has 0 aliphatic rings. The fraction of sp³-hybridized carbons (Fsp3) is 0.250. The number of anilines is 1. The average Bonchev–Trinajstić information content (AvgIpc) is 2.68. The van der Waals surface area contributed by atoms with E-state index in [1.165, 1.54) is 10.7 Å². The number of nitrogens with zero attached hydrogens (tertiary/aromatic N) is 2. The highest BCUT2D eigenvalue weighted by Crippen LogP contribution is 2.35. The van der Waals surface area contributed by atoms with Gasteiger partial charge < -0.3 is 10.1 Å². The average molecular weight is 405 g/mol. The van der Waals surface area contributed by atoms with Gasteiger partial charge in [0, 0.05) is 5.39 Å². The summed E-state index contributed by atoms with van der Waals surface area (Å²) in [6.07, 6.45) is -2.81. The van der Waals surface area contributed by atoms with Crippen LogP contribution in [0.3, 0.4) is 0 Å². The van der Waals surface area contributed by atoms with E-state index in [4.69, 9.17) is 4.74 Å². The van der Waals surface area contributed by atoms with Gasteiger partial charge in [-0.05, 0) is 36.8 Å². The van der Waals surface area contributed by atoms with Crippen LogP contribution in [0.15, 0.2) is 53.5 Å². The molecule has 0 bridgehead atoms. The maximum Gasteiger partial charge on any atom is 0.416 e. The van der Waals surface area contributed by atoms with Crippen LogP contribution < -0.4 is 15.5 Å². The van der Waals surface area contributed by atoms with Gasteiger partial charge in [-0.25, -0.2) is 0 Å². The number of carbonyl (C=O) groups is 1. The largest absolute Gasteiger partial charge is 0.491 e. The number of ether oxygens (including phenoxy) is 1. The summed E-state index contributed by atoms with van der Waals surface area (Å²) in [7, 11) is 0. The Morgan fingerprint density at radius 1 is 1.21 bits per heavy atom. The molecule has 0 aliphatic carbocycles. The van der Waals surface area contributed by atoms with Gasteiger partial charge in [-0.1, -0.05) is 19.1 Å². The van der Waals surface area contributed by atoms with Gasteiger partial charge in [0.05, 0.1) is 29.6 Å². The first-order valence-electron chi connectivity index (χ1n) is 8.88. The van der Waals surface area contributed by atoms with Gasteiger partial charge in [-0.15, -0.1) is 0 Å². The van der Waals surface area contributed by atoms with Crippen molar-refractivity contribution in [1.82, 2.24) is 9.78 Å². The number of carbonyl (C=O) groups excluding carboxylic acids is 1. The van der Waals surface area contributed by atoms with Crippen molar-refractivity contribution in [3.05, 3.63) is 64.4 Å². The maximum atomic E-state index is 13.1. The molecule has 6 nitrogen and oxygen atoms in total. The first kappa shape index (κ1) is 20.4. The Labute approximate surface area is 163 Å². The van der Waals surface area contributed by atoms with Gasteiger partial charge in [-0.3, -0.25) is 14.3 Å². The van der Waals surface area contributed by atoms with Crippen LogP contribution in [0.25, 0.3) is 10.9 Å². The van der Waals surface area contributed by atoms with Crippen molar-refractivity contribution in [3.8, 4) is 5.75 Å². The number of amides is 1. The van der Waals surface area contributed by atoms with E-state index < -0.39 is 17.6 Å². The predicted molar refractivity (Wildman–Crippen MR) is 102 cm³/mol. The molecule has 0 fully saturated rings. The molecule has 0 saturated heterocycles. The summed E-state index contributed by atoms with van der Waals surface area (Å²) in [6, 6.07) is 9.54. The third kappa shape index (κ3) is 4.74. The number of aromatic nitrogens is 2. The van der Waals surface area contributed by atoms with Gasteiger partial charge in [0.15, 0.2) is 0 Å². The van der Waals surface area contributed by atoms with Gasteiger partial charge in [0.2, 0.25) is 11.3 Å². The highest BCUT2D eigenvalue weighted by atomic mass is 19.4. The van der Waals surface area contributed by atoms with Crippen LogP contribution in [0.4, 0.5) is 18.9 Å². The van der Waals surface area contributed by atoms with Gasteiger partial charge >= 0.3 is 6.18 Å². The molecule has 0 radical (unpaired) electrons. The second-order valence-corrected chi connectivity index (χ2v) is 6.29. The van der Waals surface area contributed by atoms with E-state index in [0.717, 1.165) is 18.3 Å². The summed E-state index contributed by atoms with van der Waals surface area (Å²) >= 11 is 0. The lowest BCUT2D eigenvalue weighted by Gasteiger charge is -2.16. The molecule has 3 aromatic rings. The molecular weight excluding hydrogens is 387 g/mol. The minimum absolute atomic E-state index is 0.0800. The molecule has 1 N–H and O–H groups in total. The van der Waals surface area contributed by atoms with Crippen LogP contribution in [0.2, 0.25) is 0 Å². The smallest absolute Gasteiger partial charge is 0.416 e.